The van der Waals surface area contributed by atoms with Gasteiger partial charge < -0.3 is 4.74 Å². The molecule has 6 heteroatoms. The van der Waals surface area contributed by atoms with Crippen molar-refractivity contribution in [3.05, 3.63) is 40.1 Å². The van der Waals surface area contributed by atoms with Crippen LogP contribution >= 0.6 is 0 Å². The number of ketones is 1. The van der Waals surface area contributed by atoms with E-state index in [1.807, 2.05) is 0 Å². The van der Waals surface area contributed by atoms with E-state index < -0.39 is 19.8 Å². The van der Waals surface area contributed by atoms with Crippen LogP contribution in [0.25, 0.3) is 5.57 Å². The molecule has 1 aliphatic heterocycles. The second kappa shape index (κ2) is 5.84. The average molecular weight is 354 g/mol. The van der Waals surface area contributed by atoms with Crippen LogP contribution in [-0.2, 0) is 22.3 Å². The number of carbonyl (C=O) groups excluding carboxylic acids is 1. The van der Waals surface area contributed by atoms with E-state index in [9.17, 15) is 18.0 Å². The van der Waals surface area contributed by atoms with Crippen molar-refractivity contribution in [3.8, 4) is 0 Å². The van der Waals surface area contributed by atoms with Gasteiger partial charge in [0, 0.05) is 12.8 Å². The van der Waals surface area contributed by atoms with Crippen LogP contribution in [0.5, 0.6) is 0 Å². The monoisotopic (exact) mass is 354 g/mol. The maximum absolute atomic E-state index is 13.0. The molecule has 1 aliphatic carbocycles. The molecule has 24 heavy (non-hydrogen) atoms. The number of hydrogen-bond donors (Lipinski definition) is 0. The molecule has 0 saturated heterocycles. The van der Waals surface area contributed by atoms with E-state index in [0.717, 1.165) is 17.2 Å². The van der Waals surface area contributed by atoms with Gasteiger partial charge in [-0.1, -0.05) is 30.9 Å². The third kappa shape index (κ3) is 3.22. The molecule has 1 heterocycles. The van der Waals surface area contributed by atoms with E-state index in [1.165, 1.54) is 11.3 Å². The highest BCUT2D eigenvalue weighted by atomic mass is 28.3. The zero-order valence-corrected chi connectivity index (χ0v) is 15.1. The van der Waals surface area contributed by atoms with E-state index in [2.05, 4.69) is 19.6 Å². The Kier molecular flexibility index (Phi) is 4.24. The Labute approximate surface area is 140 Å². The van der Waals surface area contributed by atoms with Crippen molar-refractivity contribution in [2.75, 3.05) is 0 Å². The van der Waals surface area contributed by atoms with Crippen LogP contribution in [-0.4, -0.2) is 20.0 Å². The molecular weight excluding hydrogens is 333 g/mol. The standard InChI is InChI=1S/C18H21F3O2Si/c1-24(2,3)16-7-5-13(22)9-15-17(16)14-6-4-12(18(19,20)21)8-11(14)10-23-15/h4,6,8,15H,5,7,9-10H2,1-3H3. The lowest BCUT2D eigenvalue weighted by atomic mass is 9.90. The van der Waals surface area contributed by atoms with Crippen molar-refractivity contribution in [2.45, 2.75) is 57.8 Å². The quantitative estimate of drug-likeness (QED) is 0.664. The SMILES string of the molecule is C[Si](C)(C)C1=C2c3ccc(C(F)(F)F)cc3COC2CC(=O)CC1. The number of hydrogen-bond acceptors (Lipinski definition) is 2. The minimum Gasteiger partial charge on any atom is -0.368 e. The van der Waals surface area contributed by atoms with E-state index >= 15 is 0 Å². The van der Waals surface area contributed by atoms with Crippen molar-refractivity contribution in [3.63, 3.8) is 0 Å². The molecule has 1 aromatic rings. The summed E-state index contributed by atoms with van der Waals surface area (Å²) in [6.45, 7) is 6.75. The van der Waals surface area contributed by atoms with Gasteiger partial charge in [0.15, 0.2) is 0 Å². The van der Waals surface area contributed by atoms with Gasteiger partial charge in [-0.2, -0.15) is 13.2 Å². The van der Waals surface area contributed by atoms with Crippen LogP contribution in [0.15, 0.2) is 23.4 Å². The summed E-state index contributed by atoms with van der Waals surface area (Å²) < 4.78 is 44.8. The van der Waals surface area contributed by atoms with Crippen LogP contribution in [0.3, 0.4) is 0 Å². The Morgan fingerprint density at radius 2 is 1.88 bits per heavy atom. The number of halogens is 3. The number of rotatable bonds is 1. The first kappa shape index (κ1) is 17.4. The number of ether oxygens (including phenoxy) is 1. The number of Topliss-reactive ketones (excluding diaryl/α,β-unsaturated/α-hetero) is 1. The number of alkyl halides is 3. The number of fused-ring (bicyclic) bond motifs is 3. The summed E-state index contributed by atoms with van der Waals surface area (Å²) in [5.41, 5.74) is 1.74. The van der Waals surface area contributed by atoms with Crippen LogP contribution in [0, 0.1) is 0 Å². The molecule has 0 N–H and O–H groups in total. The molecule has 0 fully saturated rings. The smallest absolute Gasteiger partial charge is 0.368 e. The van der Waals surface area contributed by atoms with Gasteiger partial charge in [-0.3, -0.25) is 4.79 Å². The Morgan fingerprint density at radius 3 is 2.50 bits per heavy atom. The molecule has 0 bridgehead atoms. The number of carbonyl (C=O) groups is 1. The fourth-order valence-corrected chi connectivity index (χ4v) is 5.58. The predicted molar refractivity (Wildman–Crippen MR) is 89.1 cm³/mol. The van der Waals surface area contributed by atoms with Crippen molar-refractivity contribution in [1.82, 2.24) is 0 Å². The molecule has 0 spiro atoms. The second-order valence-electron chi connectivity index (χ2n) is 7.55. The summed E-state index contributed by atoms with van der Waals surface area (Å²) in [6, 6.07) is 3.90. The lowest BCUT2D eigenvalue weighted by molar-refractivity contribution is -0.137. The minimum atomic E-state index is -4.36. The average Bonchev–Trinajstić information content (AvgIpc) is 2.63. The van der Waals surface area contributed by atoms with Gasteiger partial charge in [-0.05, 0) is 35.3 Å². The van der Waals surface area contributed by atoms with Crippen LogP contribution in [0.1, 0.15) is 36.0 Å². The van der Waals surface area contributed by atoms with E-state index in [4.69, 9.17) is 4.74 Å². The van der Waals surface area contributed by atoms with Gasteiger partial charge in [-0.25, -0.2) is 0 Å². The Morgan fingerprint density at radius 1 is 1.17 bits per heavy atom. The maximum atomic E-state index is 13.0. The summed E-state index contributed by atoms with van der Waals surface area (Å²) in [4.78, 5) is 12.1. The molecule has 0 saturated carbocycles. The van der Waals surface area contributed by atoms with Gasteiger partial charge >= 0.3 is 6.18 Å². The number of benzene rings is 1. The third-order valence-electron chi connectivity index (χ3n) is 4.78. The topological polar surface area (TPSA) is 26.3 Å². The summed E-state index contributed by atoms with van der Waals surface area (Å²) in [7, 11) is -1.72. The minimum absolute atomic E-state index is 0.125. The first-order valence-electron chi connectivity index (χ1n) is 8.14. The summed E-state index contributed by atoms with van der Waals surface area (Å²) in [6.07, 6.45) is -3.15. The molecule has 0 amide bonds. The first-order valence-corrected chi connectivity index (χ1v) is 11.6. The van der Waals surface area contributed by atoms with Gasteiger partial charge in [0.25, 0.3) is 0 Å². The molecule has 3 rings (SSSR count). The van der Waals surface area contributed by atoms with Crippen molar-refractivity contribution < 1.29 is 22.7 Å². The molecule has 2 nitrogen and oxygen atoms in total. The zero-order chi connectivity index (χ0) is 17.7. The molecular formula is C18H21F3O2Si. The lowest BCUT2D eigenvalue weighted by Crippen LogP contribution is -2.30. The zero-order valence-electron chi connectivity index (χ0n) is 14.1. The fourth-order valence-electron chi connectivity index (χ4n) is 3.60. The van der Waals surface area contributed by atoms with Crippen LogP contribution < -0.4 is 0 Å². The van der Waals surface area contributed by atoms with Gasteiger partial charge in [-0.15, -0.1) is 0 Å². The molecule has 130 valence electrons. The molecule has 1 atom stereocenters. The molecule has 2 aliphatic rings. The van der Waals surface area contributed by atoms with Crippen molar-refractivity contribution in [1.29, 1.82) is 0 Å². The molecule has 1 unspecified atom stereocenters. The molecule has 1 aromatic carbocycles. The second-order valence-corrected chi connectivity index (χ2v) is 12.7. The molecule has 0 aromatic heterocycles. The Balaban J connectivity index is 2.18. The highest BCUT2D eigenvalue weighted by Crippen LogP contribution is 2.42. The third-order valence-corrected chi connectivity index (χ3v) is 7.11. The molecule has 0 radical (unpaired) electrons. The van der Waals surface area contributed by atoms with Gasteiger partial charge in [0.1, 0.15) is 5.78 Å². The summed E-state index contributed by atoms with van der Waals surface area (Å²) >= 11 is 0. The van der Waals surface area contributed by atoms with Crippen molar-refractivity contribution >= 4 is 19.4 Å². The summed E-state index contributed by atoms with van der Waals surface area (Å²) in [5.74, 6) is 0.168. The number of allylic oxidation sites excluding steroid dienone is 1. The fraction of sp³-hybridized carbons (Fsp3) is 0.500. The highest BCUT2D eigenvalue weighted by Gasteiger charge is 2.37. The van der Waals surface area contributed by atoms with Crippen molar-refractivity contribution in [2.24, 2.45) is 0 Å². The predicted octanol–water partition coefficient (Wildman–Crippen LogP) is 4.99. The Hall–Kier alpha value is -1.40. The Bertz CT molecular complexity index is 714. The van der Waals surface area contributed by atoms with Crippen LogP contribution in [0.4, 0.5) is 13.2 Å². The first-order chi connectivity index (χ1) is 11.1. The van der Waals surface area contributed by atoms with Gasteiger partial charge in [0.2, 0.25) is 0 Å². The summed E-state index contributed by atoms with van der Waals surface area (Å²) in [5, 5.41) is 1.25. The van der Waals surface area contributed by atoms with Crippen LogP contribution in [0.2, 0.25) is 19.6 Å². The highest BCUT2D eigenvalue weighted by molar-refractivity contribution is 6.84. The van der Waals surface area contributed by atoms with E-state index in [-0.39, 0.29) is 18.5 Å². The van der Waals surface area contributed by atoms with Gasteiger partial charge in [0.05, 0.1) is 26.3 Å². The maximum Gasteiger partial charge on any atom is 0.416 e. The lowest BCUT2D eigenvalue weighted by Gasteiger charge is -2.33. The largest absolute Gasteiger partial charge is 0.416 e. The van der Waals surface area contributed by atoms with E-state index in [1.54, 1.807) is 6.07 Å². The normalized spacial score (nSPS) is 22.1. The van der Waals surface area contributed by atoms with E-state index in [0.29, 0.717) is 24.8 Å².